The molecule has 2 aromatic rings. The maximum Gasteiger partial charge on any atom is 0.127 e. The van der Waals surface area contributed by atoms with Crippen LogP contribution in [-0.4, -0.2) is 10.7 Å². The van der Waals surface area contributed by atoms with Crippen molar-refractivity contribution in [1.29, 1.82) is 0 Å². The normalized spacial score (nSPS) is 11.2. The van der Waals surface area contributed by atoms with E-state index in [1.54, 1.807) is 50.2 Å². The van der Waals surface area contributed by atoms with E-state index >= 15 is 0 Å². The number of carboxylic acids is 1. The van der Waals surface area contributed by atoms with Crippen LogP contribution >= 0.6 is 23.4 Å². The monoisotopic (exact) mass is 321 g/mol. The van der Waals surface area contributed by atoms with E-state index in [9.17, 15) is 9.90 Å². The van der Waals surface area contributed by atoms with Crippen molar-refractivity contribution >= 4 is 29.3 Å². The summed E-state index contributed by atoms with van der Waals surface area (Å²) in [6, 6.07) is 14.3. The Hall–Kier alpha value is -1.65. The highest BCUT2D eigenvalue weighted by Gasteiger charge is 2.20. The third-order valence-corrected chi connectivity index (χ3v) is 4.17. The first-order valence-corrected chi connectivity index (χ1v) is 7.50. The highest BCUT2D eigenvalue weighted by Crippen LogP contribution is 2.33. The number of carbonyl (C=O) groups is 1. The van der Waals surface area contributed by atoms with Crippen molar-refractivity contribution in [3.05, 3.63) is 53.6 Å². The third kappa shape index (κ3) is 4.41. The molecule has 0 spiro atoms. The van der Waals surface area contributed by atoms with Gasteiger partial charge in [0.15, 0.2) is 0 Å². The van der Waals surface area contributed by atoms with Crippen LogP contribution in [0.5, 0.6) is 11.5 Å². The van der Waals surface area contributed by atoms with Crippen LogP contribution in [0.2, 0.25) is 5.02 Å². The van der Waals surface area contributed by atoms with E-state index in [1.165, 1.54) is 11.8 Å². The third-order valence-electron chi connectivity index (χ3n) is 2.74. The Morgan fingerprint density at radius 2 is 1.52 bits per heavy atom. The zero-order valence-corrected chi connectivity index (χ0v) is 13.2. The number of halogens is 1. The first kappa shape index (κ1) is 15.7. The minimum atomic E-state index is -1.09. The fourth-order valence-electron chi connectivity index (χ4n) is 1.55. The van der Waals surface area contributed by atoms with Crippen molar-refractivity contribution in [3.63, 3.8) is 0 Å². The van der Waals surface area contributed by atoms with Crippen molar-refractivity contribution in [3.8, 4) is 11.5 Å². The largest absolute Gasteiger partial charge is 0.549 e. The molecule has 110 valence electrons. The number of carboxylic acid groups (broad SMARTS) is 1. The summed E-state index contributed by atoms with van der Waals surface area (Å²) >= 11 is 7.05. The molecule has 0 atom stereocenters. The summed E-state index contributed by atoms with van der Waals surface area (Å²) in [5.74, 6) is 0.275. The first-order chi connectivity index (χ1) is 9.87. The molecule has 0 fully saturated rings. The molecule has 0 aromatic heterocycles. The van der Waals surface area contributed by atoms with E-state index in [-0.39, 0.29) is 0 Å². The van der Waals surface area contributed by atoms with Crippen molar-refractivity contribution in [2.75, 3.05) is 0 Å². The Morgan fingerprint density at radius 3 is 2.00 bits per heavy atom. The van der Waals surface area contributed by atoms with Gasteiger partial charge in [-0.1, -0.05) is 11.6 Å². The molecule has 0 saturated heterocycles. The number of aliphatic carboxylic acids is 1. The average molecular weight is 322 g/mol. The lowest BCUT2D eigenvalue weighted by atomic mass is 10.2. The number of ether oxygens (including phenoxy) is 1. The molecule has 0 N–H and O–H groups in total. The number of thioether (sulfide) groups is 1. The van der Waals surface area contributed by atoms with Gasteiger partial charge < -0.3 is 14.6 Å². The van der Waals surface area contributed by atoms with E-state index in [4.69, 9.17) is 16.3 Å². The predicted octanol–water partition coefficient (Wildman–Crippen LogP) is 3.75. The summed E-state index contributed by atoms with van der Waals surface area (Å²) in [5, 5.41) is 11.6. The van der Waals surface area contributed by atoms with Gasteiger partial charge in [0.05, 0.1) is 10.7 Å². The van der Waals surface area contributed by atoms with Gasteiger partial charge in [-0.15, -0.1) is 11.8 Å². The maximum atomic E-state index is 11.0. The number of rotatable bonds is 5. The second-order valence-electron chi connectivity index (χ2n) is 4.93. The molecule has 2 aromatic carbocycles. The summed E-state index contributed by atoms with van der Waals surface area (Å²) in [6.07, 6.45) is 0. The fraction of sp³-hybridized carbons (Fsp3) is 0.188. The molecule has 0 amide bonds. The molecule has 0 bridgehead atoms. The zero-order chi connectivity index (χ0) is 15.5. The van der Waals surface area contributed by atoms with Gasteiger partial charge >= 0.3 is 0 Å². The van der Waals surface area contributed by atoms with Gasteiger partial charge in [-0.05, 0) is 62.4 Å². The molecule has 21 heavy (non-hydrogen) atoms. The van der Waals surface area contributed by atoms with Crippen molar-refractivity contribution < 1.29 is 14.6 Å². The molecule has 0 aliphatic heterocycles. The SMILES string of the molecule is CC(C)(Sc1ccc(Oc2ccc(Cl)cc2)cc1)C(=O)[O-]. The molecule has 0 radical (unpaired) electrons. The van der Waals surface area contributed by atoms with E-state index in [0.29, 0.717) is 16.5 Å². The van der Waals surface area contributed by atoms with Crippen LogP contribution in [0.3, 0.4) is 0 Å². The molecule has 0 aliphatic rings. The smallest absolute Gasteiger partial charge is 0.127 e. The van der Waals surface area contributed by atoms with E-state index in [1.807, 2.05) is 12.1 Å². The topological polar surface area (TPSA) is 49.4 Å². The van der Waals surface area contributed by atoms with Crippen molar-refractivity contribution in [2.24, 2.45) is 0 Å². The summed E-state index contributed by atoms with van der Waals surface area (Å²) in [6.45, 7) is 3.23. The van der Waals surface area contributed by atoms with Gasteiger partial charge in [-0.25, -0.2) is 0 Å². The molecule has 0 aliphatic carbocycles. The van der Waals surface area contributed by atoms with Crippen LogP contribution < -0.4 is 9.84 Å². The van der Waals surface area contributed by atoms with E-state index < -0.39 is 10.7 Å². The summed E-state index contributed by atoms with van der Waals surface area (Å²) in [4.78, 5) is 11.8. The first-order valence-electron chi connectivity index (χ1n) is 6.31. The fourth-order valence-corrected chi connectivity index (χ4v) is 2.62. The minimum Gasteiger partial charge on any atom is -0.549 e. The molecular weight excluding hydrogens is 308 g/mol. The highest BCUT2D eigenvalue weighted by atomic mass is 35.5. The number of hydrogen-bond acceptors (Lipinski definition) is 4. The molecule has 0 unspecified atom stereocenters. The maximum absolute atomic E-state index is 11.0. The Balaban J connectivity index is 2.05. The second kappa shape index (κ2) is 6.41. The number of benzene rings is 2. The molecule has 5 heteroatoms. The number of carbonyl (C=O) groups excluding carboxylic acids is 1. The molecule has 0 saturated carbocycles. The molecular formula is C16H14ClO3S-. The van der Waals surface area contributed by atoms with Gasteiger partial charge in [0.25, 0.3) is 0 Å². The second-order valence-corrected chi connectivity index (χ2v) is 7.06. The average Bonchev–Trinajstić information content (AvgIpc) is 2.43. The van der Waals surface area contributed by atoms with Gasteiger partial charge in [0, 0.05) is 9.92 Å². The Kier molecular flexibility index (Phi) is 4.80. The quantitative estimate of drug-likeness (QED) is 0.787. The molecule has 3 nitrogen and oxygen atoms in total. The van der Waals surface area contributed by atoms with Crippen LogP contribution in [0.1, 0.15) is 13.8 Å². The zero-order valence-electron chi connectivity index (χ0n) is 11.6. The van der Waals surface area contributed by atoms with Crippen molar-refractivity contribution in [1.82, 2.24) is 0 Å². The molecule has 2 rings (SSSR count). The Bertz CT molecular complexity index is 621. The van der Waals surface area contributed by atoms with E-state index in [0.717, 1.165) is 4.90 Å². The van der Waals surface area contributed by atoms with Crippen LogP contribution in [0.4, 0.5) is 0 Å². The summed E-state index contributed by atoms with van der Waals surface area (Å²) in [5.41, 5.74) is 0. The Labute approximate surface area is 132 Å². The van der Waals surface area contributed by atoms with Crippen LogP contribution in [0.25, 0.3) is 0 Å². The lowest BCUT2D eigenvalue weighted by Crippen LogP contribution is -2.40. The lowest BCUT2D eigenvalue weighted by molar-refractivity contribution is -0.308. The Morgan fingerprint density at radius 1 is 1.05 bits per heavy atom. The molecule has 0 heterocycles. The summed E-state index contributed by atoms with van der Waals surface area (Å²) < 4.78 is 4.70. The number of hydrogen-bond donors (Lipinski definition) is 0. The van der Waals surface area contributed by atoms with Gasteiger partial charge in [0.2, 0.25) is 0 Å². The minimum absolute atomic E-state index is 0.651. The van der Waals surface area contributed by atoms with E-state index in [2.05, 4.69) is 0 Å². The van der Waals surface area contributed by atoms with Crippen LogP contribution in [-0.2, 0) is 4.79 Å². The van der Waals surface area contributed by atoms with Gasteiger partial charge in [-0.3, -0.25) is 0 Å². The predicted molar refractivity (Wildman–Crippen MR) is 82.9 cm³/mol. The van der Waals surface area contributed by atoms with Crippen LogP contribution in [0.15, 0.2) is 53.4 Å². The summed E-state index contributed by atoms with van der Waals surface area (Å²) in [7, 11) is 0. The standard InChI is InChI=1S/C16H15ClO3S/c1-16(2,15(18)19)21-14-9-7-13(8-10-14)20-12-5-3-11(17)4-6-12/h3-10H,1-2H3,(H,18,19)/p-1. The highest BCUT2D eigenvalue weighted by molar-refractivity contribution is 8.01. The van der Waals surface area contributed by atoms with Gasteiger partial charge in [0.1, 0.15) is 11.5 Å². The van der Waals surface area contributed by atoms with Crippen molar-refractivity contribution in [2.45, 2.75) is 23.5 Å². The lowest BCUT2D eigenvalue weighted by Gasteiger charge is -2.24. The van der Waals surface area contributed by atoms with Crippen LogP contribution in [0, 0.1) is 0 Å². The van der Waals surface area contributed by atoms with Gasteiger partial charge in [-0.2, -0.15) is 0 Å².